The Hall–Kier alpha value is -4.36. The van der Waals surface area contributed by atoms with Crippen LogP contribution in [0.25, 0.3) is 6.08 Å². The Balaban J connectivity index is 1.06. The van der Waals surface area contributed by atoms with Crippen molar-refractivity contribution in [3.8, 4) is 23.3 Å². The van der Waals surface area contributed by atoms with Crippen molar-refractivity contribution in [3.63, 3.8) is 0 Å². The highest BCUT2D eigenvalue weighted by molar-refractivity contribution is 5.89. The summed E-state index contributed by atoms with van der Waals surface area (Å²) in [7, 11) is 1.52. The van der Waals surface area contributed by atoms with Gasteiger partial charge < -0.3 is 36.4 Å². The van der Waals surface area contributed by atoms with Gasteiger partial charge >= 0.3 is 0 Å². The minimum atomic E-state index is -1.14. The molecule has 2 aromatic carbocycles. The number of nitrogens with two attached hydrogens (primary N) is 1. The maximum atomic E-state index is 14.2. The topological polar surface area (TPSA) is 154 Å². The Labute approximate surface area is 338 Å². The highest BCUT2D eigenvalue weighted by Gasteiger charge is 2.47. The van der Waals surface area contributed by atoms with Gasteiger partial charge in [0.2, 0.25) is 0 Å². The van der Waals surface area contributed by atoms with Gasteiger partial charge in [-0.15, -0.1) is 0 Å². The Morgan fingerprint density at radius 1 is 1.05 bits per heavy atom. The smallest absolute Gasteiger partial charge is 0.160 e. The number of dihydropyridines is 1. The number of hydrogen-bond donors (Lipinski definition) is 6. The molecule has 3 aliphatic carbocycles. The Morgan fingerprint density at radius 3 is 2.67 bits per heavy atom. The van der Waals surface area contributed by atoms with E-state index in [-0.39, 0.29) is 29.8 Å². The van der Waals surface area contributed by atoms with Gasteiger partial charge in [-0.1, -0.05) is 66.8 Å². The number of aryl methyl sites for hydroxylation is 1. The average Bonchev–Trinajstić information content (AvgIpc) is 3.26. The molecule has 5 aliphatic rings. The lowest BCUT2D eigenvalue weighted by molar-refractivity contribution is -0.134. The predicted molar refractivity (Wildman–Crippen MR) is 223 cm³/mol. The molecule has 7 rings (SSSR count). The van der Waals surface area contributed by atoms with Crippen molar-refractivity contribution in [3.05, 3.63) is 88.8 Å². The second kappa shape index (κ2) is 18.5. The third kappa shape index (κ3) is 9.85. The third-order valence-corrected chi connectivity index (χ3v) is 13.6. The predicted octanol–water partition coefficient (Wildman–Crippen LogP) is 6.47. The van der Waals surface area contributed by atoms with E-state index in [1.54, 1.807) is 6.07 Å². The minimum absolute atomic E-state index is 0.0124. The molecule has 2 heterocycles. The van der Waals surface area contributed by atoms with Gasteiger partial charge in [0.15, 0.2) is 17.3 Å². The normalized spacial score (nSPS) is 29.9. The van der Waals surface area contributed by atoms with Crippen molar-refractivity contribution < 1.29 is 29.6 Å². The summed E-state index contributed by atoms with van der Waals surface area (Å²) in [5.74, 6) is 9.23. The van der Waals surface area contributed by atoms with E-state index in [1.165, 1.54) is 7.11 Å². The summed E-state index contributed by atoms with van der Waals surface area (Å²) < 4.78 is 5.48. The summed E-state index contributed by atoms with van der Waals surface area (Å²) >= 11 is 0. The average molecular weight is 776 g/mol. The lowest BCUT2D eigenvalue weighted by atomic mass is 9.64. The Morgan fingerprint density at radius 2 is 1.88 bits per heavy atom. The fraction of sp³-hybridized carbons (Fsp3) is 0.542. The first-order valence-corrected chi connectivity index (χ1v) is 21.3. The zero-order valence-corrected chi connectivity index (χ0v) is 33.4. The number of aliphatic hydroxyl groups excluding tert-OH is 2. The third-order valence-electron chi connectivity index (χ3n) is 13.6. The molecule has 9 atom stereocenters. The molecular formula is C48H61N3O6. The second-order valence-electron chi connectivity index (χ2n) is 17.4. The lowest BCUT2D eigenvalue weighted by Crippen LogP contribution is -2.49. The quantitative estimate of drug-likeness (QED) is 0.133. The monoisotopic (exact) mass is 775 g/mol. The van der Waals surface area contributed by atoms with Gasteiger partial charge in [0, 0.05) is 43.7 Å². The van der Waals surface area contributed by atoms with Crippen LogP contribution in [0.4, 0.5) is 0 Å². The molecule has 9 nitrogen and oxygen atoms in total. The van der Waals surface area contributed by atoms with Crippen molar-refractivity contribution in [1.82, 2.24) is 10.6 Å². The minimum Gasteiger partial charge on any atom is -0.504 e. The molecule has 0 unspecified atom stereocenters. The van der Waals surface area contributed by atoms with E-state index in [4.69, 9.17) is 10.5 Å². The Bertz CT molecular complexity index is 1910. The fourth-order valence-electron chi connectivity index (χ4n) is 10.2. The molecule has 304 valence electrons. The number of Topliss-reactive ketones (excluding diaryl/α,β-unsaturated/α-hetero) is 2. The first-order valence-electron chi connectivity index (χ1n) is 21.3. The molecule has 0 radical (unpaired) electrons. The molecule has 0 aromatic heterocycles. The van der Waals surface area contributed by atoms with E-state index in [0.29, 0.717) is 99.1 Å². The van der Waals surface area contributed by atoms with Crippen LogP contribution < -0.4 is 21.1 Å². The number of aliphatic hydroxyl groups is 2. The van der Waals surface area contributed by atoms with Gasteiger partial charge in [0.25, 0.3) is 0 Å². The SMILES string of the molecule is COc1cc2c(cc1O)[C@@H](CC[C@H](O)C[C@H](/C=C/c1ccccc1)C1=CCNC(N)=C1)C#C[C@@]1(CC[C@H](CC[C@@H]3CN[C@@H]4CC(=O)CC[C@@H]4C3)C[C@H]1O)C(=O)CC2. The van der Waals surface area contributed by atoms with E-state index in [0.717, 1.165) is 60.9 Å². The number of piperidine rings is 1. The number of nitrogens with one attached hydrogen (secondary N) is 2. The second-order valence-corrected chi connectivity index (χ2v) is 17.4. The van der Waals surface area contributed by atoms with Crippen LogP contribution in [-0.4, -0.2) is 65.3 Å². The number of carbonyl (C=O) groups is 2. The molecule has 2 aliphatic heterocycles. The van der Waals surface area contributed by atoms with E-state index in [1.807, 2.05) is 30.3 Å². The van der Waals surface area contributed by atoms with Crippen LogP contribution in [0.2, 0.25) is 0 Å². The van der Waals surface area contributed by atoms with Crippen molar-refractivity contribution in [2.75, 3.05) is 20.2 Å². The zero-order chi connectivity index (χ0) is 39.9. The number of ketones is 2. The van der Waals surface area contributed by atoms with Crippen LogP contribution in [0, 0.1) is 40.9 Å². The maximum absolute atomic E-state index is 14.2. The molecule has 3 fully saturated rings. The van der Waals surface area contributed by atoms with Gasteiger partial charge in [-0.25, -0.2) is 0 Å². The van der Waals surface area contributed by atoms with Gasteiger partial charge in [-0.05, 0) is 129 Å². The van der Waals surface area contributed by atoms with E-state index in [9.17, 15) is 24.9 Å². The highest BCUT2D eigenvalue weighted by Crippen LogP contribution is 2.45. The van der Waals surface area contributed by atoms with Gasteiger partial charge in [0.05, 0.1) is 25.1 Å². The van der Waals surface area contributed by atoms with Gasteiger partial charge in [-0.3, -0.25) is 9.59 Å². The number of fused-ring (bicyclic) bond motifs is 2. The summed E-state index contributed by atoms with van der Waals surface area (Å²) in [4.78, 5) is 26.2. The molecule has 7 N–H and O–H groups in total. The molecule has 2 saturated carbocycles. The van der Waals surface area contributed by atoms with Crippen molar-refractivity contribution in [2.45, 2.75) is 114 Å². The molecule has 1 saturated heterocycles. The molecule has 9 heteroatoms. The number of benzene rings is 2. The van der Waals surface area contributed by atoms with Gasteiger partial charge in [0.1, 0.15) is 11.2 Å². The summed E-state index contributed by atoms with van der Waals surface area (Å²) in [5.41, 5.74) is 8.87. The number of ether oxygens (including phenoxy) is 1. The molecule has 57 heavy (non-hydrogen) atoms. The fourth-order valence-corrected chi connectivity index (χ4v) is 10.2. The number of carbonyl (C=O) groups excluding carboxylic acids is 2. The molecule has 0 bridgehead atoms. The highest BCUT2D eigenvalue weighted by atomic mass is 16.5. The summed E-state index contributed by atoms with van der Waals surface area (Å²) in [5, 5.41) is 41.2. The number of allylic oxidation sites excluding steroid dienone is 3. The maximum Gasteiger partial charge on any atom is 0.160 e. The van der Waals surface area contributed by atoms with Crippen LogP contribution in [0.5, 0.6) is 11.5 Å². The standard InChI is InChI=1S/C48H61N3O6/c1-57-44-26-37-13-16-45(55)48(20-17-32(24-46(48)56)7-8-33-23-38-12-15-40(53)28-42(38)51-30-33)21-18-34(41(37)29-43(44)54)11-14-39(52)25-35(36-19-22-50-47(49)27-36)10-9-31-5-3-2-4-6-31/h2-6,9-10,19,26-27,29,32-35,38-39,42,46,50-52,54,56H,7-8,11-17,20,22-25,28,30,49H2,1H3/b10-9+/t32-,33-,34-,35-,38+,39-,42+,46+,48-/m0/s1. The molecule has 1 spiro atoms. The Kier molecular flexibility index (Phi) is 13.2. The van der Waals surface area contributed by atoms with Crippen molar-refractivity contribution in [2.24, 2.45) is 34.8 Å². The van der Waals surface area contributed by atoms with E-state index < -0.39 is 17.6 Å². The number of methoxy groups -OCH3 is 1. The number of phenols is 1. The van der Waals surface area contributed by atoms with Crippen LogP contribution in [-0.2, 0) is 16.0 Å². The number of phenolic OH excluding ortho intramolecular Hbond substituents is 1. The summed E-state index contributed by atoms with van der Waals surface area (Å²) in [6.07, 6.45) is 16.4. The van der Waals surface area contributed by atoms with E-state index in [2.05, 4.69) is 52.8 Å². The molecule has 2 aromatic rings. The van der Waals surface area contributed by atoms with Crippen LogP contribution in [0.15, 0.2) is 72.1 Å². The van der Waals surface area contributed by atoms with Crippen LogP contribution in [0.1, 0.15) is 106 Å². The number of hydrogen-bond acceptors (Lipinski definition) is 9. The van der Waals surface area contributed by atoms with Crippen molar-refractivity contribution >= 4 is 17.6 Å². The largest absolute Gasteiger partial charge is 0.504 e. The zero-order valence-electron chi connectivity index (χ0n) is 33.4. The van der Waals surface area contributed by atoms with E-state index >= 15 is 0 Å². The van der Waals surface area contributed by atoms with Crippen molar-refractivity contribution in [1.29, 1.82) is 0 Å². The molecule has 0 amide bonds. The summed E-state index contributed by atoms with van der Waals surface area (Å²) in [6, 6.07) is 14.0. The van der Waals surface area contributed by atoms with Crippen LogP contribution >= 0.6 is 0 Å². The van der Waals surface area contributed by atoms with Gasteiger partial charge in [-0.2, -0.15) is 0 Å². The summed E-state index contributed by atoms with van der Waals surface area (Å²) in [6.45, 7) is 1.57. The number of aromatic hydroxyl groups is 1. The van der Waals surface area contributed by atoms with Crippen LogP contribution in [0.3, 0.4) is 0 Å². The first-order chi connectivity index (χ1) is 27.6. The first kappa shape index (κ1) is 40.8. The number of rotatable bonds is 12. The molecular weight excluding hydrogens is 715 g/mol. The lowest BCUT2D eigenvalue weighted by Gasteiger charge is -2.42.